The number of hydrogen-bond donors (Lipinski definition) is 0. The first kappa shape index (κ1) is 25.6. The lowest BCUT2D eigenvalue weighted by molar-refractivity contribution is -0.158. The summed E-state index contributed by atoms with van der Waals surface area (Å²) in [6, 6.07) is 13.1. The van der Waals surface area contributed by atoms with Gasteiger partial charge in [-0.05, 0) is 88.9 Å². The summed E-state index contributed by atoms with van der Waals surface area (Å²) in [6.45, 7) is 9.96. The first-order chi connectivity index (χ1) is 16.2. The molecule has 0 aromatic heterocycles. The Bertz CT molecular complexity index is 975. The molecule has 184 valence electrons. The van der Waals surface area contributed by atoms with E-state index in [9.17, 15) is 9.59 Å². The van der Waals surface area contributed by atoms with Gasteiger partial charge in [-0.25, -0.2) is 4.79 Å². The van der Waals surface area contributed by atoms with Gasteiger partial charge in [0.1, 0.15) is 17.2 Å². The van der Waals surface area contributed by atoms with Gasteiger partial charge >= 0.3 is 5.97 Å². The number of Topliss-reactive ketones (excluding diaryl/α,β-unsaturated/α-hetero) is 1. The monoisotopic (exact) mass is 468 g/mol. The number of carbonyl (C=O) groups excluding carboxylic acids is 2. The van der Waals surface area contributed by atoms with Crippen molar-refractivity contribution in [2.45, 2.75) is 72.0 Å². The molecule has 6 nitrogen and oxygen atoms in total. The first-order valence-corrected chi connectivity index (χ1v) is 12.2. The van der Waals surface area contributed by atoms with Crippen molar-refractivity contribution in [2.24, 2.45) is 5.92 Å². The molecule has 34 heavy (non-hydrogen) atoms. The van der Waals surface area contributed by atoms with Crippen molar-refractivity contribution in [3.8, 4) is 17.2 Å². The molecule has 1 atom stereocenters. The lowest BCUT2D eigenvalue weighted by atomic mass is 10.0. The second-order valence-electron chi connectivity index (χ2n) is 9.19. The highest BCUT2D eigenvalue weighted by atomic mass is 16.6. The van der Waals surface area contributed by atoms with E-state index in [2.05, 4.69) is 6.92 Å². The van der Waals surface area contributed by atoms with Crippen molar-refractivity contribution in [3.63, 3.8) is 0 Å². The highest BCUT2D eigenvalue weighted by molar-refractivity contribution is 6.01. The Hall–Kier alpha value is -3.02. The Morgan fingerprint density at radius 2 is 1.71 bits per heavy atom. The number of ketones is 1. The van der Waals surface area contributed by atoms with Crippen LogP contribution < -0.4 is 14.2 Å². The van der Waals surface area contributed by atoms with E-state index < -0.39 is 11.6 Å². The average molecular weight is 469 g/mol. The van der Waals surface area contributed by atoms with E-state index in [1.807, 2.05) is 25.1 Å². The molecule has 3 rings (SSSR count). The largest absolute Gasteiger partial charge is 0.493 e. The molecule has 0 radical (unpaired) electrons. The topological polar surface area (TPSA) is 71.1 Å². The Morgan fingerprint density at radius 3 is 2.32 bits per heavy atom. The van der Waals surface area contributed by atoms with E-state index in [4.69, 9.17) is 18.9 Å². The Balaban J connectivity index is 1.50. The van der Waals surface area contributed by atoms with Gasteiger partial charge in [0.2, 0.25) is 0 Å². The molecule has 1 aliphatic rings. The lowest BCUT2D eigenvalue weighted by Gasteiger charge is -2.24. The minimum atomic E-state index is -1.07. The van der Waals surface area contributed by atoms with E-state index in [0.717, 1.165) is 24.8 Å². The summed E-state index contributed by atoms with van der Waals surface area (Å²) in [7, 11) is 0. The van der Waals surface area contributed by atoms with E-state index in [-0.39, 0.29) is 17.8 Å². The van der Waals surface area contributed by atoms with Gasteiger partial charge in [-0.3, -0.25) is 4.79 Å². The third-order valence-corrected chi connectivity index (χ3v) is 5.75. The van der Waals surface area contributed by atoms with Crippen LogP contribution in [0.25, 0.3) is 0 Å². The normalized spacial score (nSPS) is 14.3. The number of aryl methyl sites for hydroxylation is 1. The zero-order chi connectivity index (χ0) is 24.7. The predicted molar refractivity (Wildman–Crippen MR) is 131 cm³/mol. The fourth-order valence-corrected chi connectivity index (χ4v) is 3.52. The van der Waals surface area contributed by atoms with Crippen molar-refractivity contribution in [1.82, 2.24) is 0 Å². The van der Waals surface area contributed by atoms with Crippen molar-refractivity contribution in [2.75, 3.05) is 13.2 Å². The van der Waals surface area contributed by atoms with Crippen LogP contribution >= 0.6 is 0 Å². The molecule has 1 unspecified atom stereocenters. The smallest absolute Gasteiger partial charge is 0.349 e. The van der Waals surface area contributed by atoms with Crippen LogP contribution in [-0.4, -0.2) is 36.7 Å². The molecular formula is C28H36O6. The minimum absolute atomic E-state index is 0.105. The maximum Gasteiger partial charge on any atom is 0.349 e. The molecule has 6 heteroatoms. The fraction of sp³-hybridized carbons (Fsp3) is 0.500. The molecule has 0 amide bonds. The van der Waals surface area contributed by atoms with Gasteiger partial charge in [0.15, 0.2) is 11.4 Å². The van der Waals surface area contributed by atoms with Crippen LogP contribution in [0.15, 0.2) is 42.5 Å². The number of carbonyl (C=O) groups is 2. The first-order valence-electron chi connectivity index (χ1n) is 12.2. The van der Waals surface area contributed by atoms with E-state index in [1.165, 1.54) is 0 Å². The van der Waals surface area contributed by atoms with Crippen LogP contribution in [0.3, 0.4) is 0 Å². The second-order valence-corrected chi connectivity index (χ2v) is 9.19. The molecule has 2 aromatic rings. The van der Waals surface area contributed by atoms with Crippen molar-refractivity contribution in [1.29, 1.82) is 0 Å². The zero-order valence-corrected chi connectivity index (χ0v) is 20.9. The summed E-state index contributed by atoms with van der Waals surface area (Å²) in [6.07, 6.45) is 3.40. The van der Waals surface area contributed by atoms with Crippen LogP contribution in [0, 0.1) is 5.92 Å². The SMILES string of the molecule is CCOC(=O)C(C)(C)Oc1ccc(OCCC(C)Oc2ccc(CC)cc2C(=O)C2CC2)cc1. The zero-order valence-electron chi connectivity index (χ0n) is 20.9. The Labute approximate surface area is 202 Å². The van der Waals surface area contributed by atoms with Crippen LogP contribution in [0.2, 0.25) is 0 Å². The molecule has 1 aliphatic carbocycles. The number of rotatable bonds is 13. The van der Waals surface area contributed by atoms with E-state index in [1.54, 1.807) is 45.0 Å². The predicted octanol–water partition coefficient (Wildman–Crippen LogP) is 5.80. The molecule has 0 saturated heterocycles. The van der Waals surface area contributed by atoms with E-state index in [0.29, 0.717) is 42.4 Å². The minimum Gasteiger partial charge on any atom is -0.493 e. The highest BCUT2D eigenvalue weighted by Gasteiger charge is 2.33. The number of hydrogen-bond acceptors (Lipinski definition) is 6. The van der Waals surface area contributed by atoms with Gasteiger partial charge in [-0.15, -0.1) is 0 Å². The Kier molecular flexibility index (Phi) is 8.59. The van der Waals surface area contributed by atoms with Crippen molar-refractivity contribution in [3.05, 3.63) is 53.6 Å². The maximum absolute atomic E-state index is 12.7. The van der Waals surface area contributed by atoms with Gasteiger partial charge in [-0.2, -0.15) is 0 Å². The molecule has 1 saturated carbocycles. The second kappa shape index (κ2) is 11.4. The van der Waals surface area contributed by atoms with Crippen LogP contribution in [0.5, 0.6) is 17.2 Å². The lowest BCUT2D eigenvalue weighted by Crippen LogP contribution is -2.39. The van der Waals surface area contributed by atoms with Gasteiger partial charge in [-0.1, -0.05) is 13.0 Å². The van der Waals surface area contributed by atoms with Crippen molar-refractivity contribution < 1.29 is 28.5 Å². The summed E-state index contributed by atoms with van der Waals surface area (Å²) < 4.78 is 22.8. The van der Waals surface area contributed by atoms with Crippen LogP contribution in [-0.2, 0) is 16.0 Å². The molecule has 0 bridgehead atoms. The maximum atomic E-state index is 12.7. The summed E-state index contributed by atoms with van der Waals surface area (Å²) in [5.41, 5.74) is 0.779. The number of ether oxygens (including phenoxy) is 4. The van der Waals surface area contributed by atoms with Crippen LogP contribution in [0.1, 0.15) is 69.8 Å². The summed E-state index contributed by atoms with van der Waals surface area (Å²) in [4.78, 5) is 24.7. The molecule has 1 fully saturated rings. The highest BCUT2D eigenvalue weighted by Crippen LogP contribution is 2.36. The number of benzene rings is 2. The molecular weight excluding hydrogens is 432 g/mol. The molecule has 2 aromatic carbocycles. The summed E-state index contributed by atoms with van der Waals surface area (Å²) in [5, 5.41) is 0. The van der Waals surface area contributed by atoms with E-state index >= 15 is 0 Å². The van der Waals surface area contributed by atoms with Crippen LogP contribution in [0.4, 0.5) is 0 Å². The molecule has 0 heterocycles. The summed E-state index contributed by atoms with van der Waals surface area (Å²) >= 11 is 0. The quantitative estimate of drug-likeness (QED) is 0.273. The molecule has 0 spiro atoms. The van der Waals surface area contributed by atoms with Gasteiger partial charge < -0.3 is 18.9 Å². The number of esters is 1. The van der Waals surface area contributed by atoms with Gasteiger partial charge in [0, 0.05) is 12.3 Å². The van der Waals surface area contributed by atoms with Crippen molar-refractivity contribution >= 4 is 11.8 Å². The fourth-order valence-electron chi connectivity index (χ4n) is 3.52. The average Bonchev–Trinajstić information content (AvgIpc) is 3.65. The molecule has 0 aliphatic heterocycles. The third-order valence-electron chi connectivity index (χ3n) is 5.75. The standard InChI is InChI=1S/C28H36O6/c1-6-20-8-15-25(24(18-20)26(29)21-9-10-21)33-19(3)16-17-32-22-11-13-23(14-12-22)34-28(4,5)27(30)31-7-2/h8,11-15,18-19,21H,6-7,9-10,16-17H2,1-5H3. The Morgan fingerprint density at radius 1 is 1.03 bits per heavy atom. The molecule has 0 N–H and O–H groups in total. The summed E-state index contributed by atoms with van der Waals surface area (Å²) in [5.74, 6) is 1.86. The third kappa shape index (κ3) is 6.99. The van der Waals surface area contributed by atoms with Gasteiger partial charge in [0.25, 0.3) is 0 Å². The van der Waals surface area contributed by atoms with Gasteiger partial charge in [0.05, 0.1) is 24.9 Å².